The van der Waals surface area contributed by atoms with Gasteiger partial charge in [-0.05, 0) is 102 Å². The molecule has 4 aromatic rings. The fourth-order valence-electron chi connectivity index (χ4n) is 5.62. The van der Waals surface area contributed by atoms with Crippen LogP contribution in [0.15, 0.2) is 104 Å². The lowest BCUT2D eigenvalue weighted by atomic mass is 9.94. The van der Waals surface area contributed by atoms with Gasteiger partial charge in [-0.25, -0.2) is 4.79 Å². The van der Waals surface area contributed by atoms with E-state index in [0.29, 0.717) is 11.4 Å². The molecule has 0 heterocycles. The van der Waals surface area contributed by atoms with Crippen LogP contribution in [0.4, 0.5) is 27.5 Å². The molecule has 6 rings (SSSR count). The van der Waals surface area contributed by atoms with Crippen LogP contribution >= 0.6 is 0 Å². The number of hydrogen-bond acceptors (Lipinski definition) is 14. The van der Waals surface area contributed by atoms with E-state index >= 15 is 0 Å². The number of carbonyl (C=O) groups excluding carboxylic acids is 3. The smallest absolute Gasteiger partial charge is 0.323 e. The molecule has 2 aliphatic rings. The first kappa shape index (κ1) is 40.1. The van der Waals surface area contributed by atoms with Gasteiger partial charge in [0.15, 0.2) is 11.4 Å². The average Bonchev–Trinajstić information content (AvgIpc) is 3.13. The van der Waals surface area contributed by atoms with Crippen molar-refractivity contribution in [2.75, 3.05) is 28.6 Å². The molecule has 0 aromatic heterocycles. The molecule has 0 bridgehead atoms. The maximum Gasteiger partial charge on any atom is 0.323 e. The first-order valence-electron chi connectivity index (χ1n) is 16.0. The summed E-state index contributed by atoms with van der Waals surface area (Å²) < 4.78 is 107. The highest BCUT2D eigenvalue weighted by Crippen LogP contribution is 2.31. The van der Waals surface area contributed by atoms with Crippen molar-refractivity contribution in [2.45, 2.75) is 11.8 Å². The van der Waals surface area contributed by atoms with Crippen molar-refractivity contribution >= 4 is 94.3 Å². The second kappa shape index (κ2) is 15.2. The van der Waals surface area contributed by atoms with E-state index in [9.17, 15) is 53.3 Å². The summed E-state index contributed by atoms with van der Waals surface area (Å²) in [6.07, 6.45) is 1.96. The second-order valence-corrected chi connectivity index (χ2v) is 16.3. The van der Waals surface area contributed by atoms with E-state index in [1.807, 2.05) is 0 Å². The van der Waals surface area contributed by atoms with Crippen LogP contribution < -0.4 is 26.2 Å². The number of ether oxygens (including phenoxy) is 1. The Bertz CT molecular complexity index is 2890. The number of anilines is 4. The fourth-order valence-corrected chi connectivity index (χ4v) is 7.50. The molecule has 0 saturated carbocycles. The number of para-hydroxylation sites is 2. The Morgan fingerprint density at radius 2 is 1.12 bits per heavy atom. The number of methoxy groups -OCH3 is 1. The van der Waals surface area contributed by atoms with Crippen LogP contribution in [0.25, 0.3) is 12.2 Å². The molecule has 22 heteroatoms. The Labute approximate surface area is 324 Å². The van der Waals surface area contributed by atoms with Crippen molar-refractivity contribution in [1.82, 2.24) is 0 Å². The number of allylic oxidation sites excluding steroid dienone is 2. The standard InChI is InChI=1S/C35H28N6O13S3/c1-18-13-23(55(45,46)47)9-12-26(18)38-40-31-29(56(48,49)50)16-19-14-21(7-10-24(19)33(31)42)36-35(44)37-22-8-11-25-20(15-22)17-30(57(51,52)53)32(34(25)43)41-39-27-5-3-4-6-28(27)54-2/h3-17,38-39H,1-2H3,(H2,36,37,44)(H,45,46,47)(H,48,49,50)(H,51,52,53)/b40-31+,41-32+. The normalized spacial score (nSPS) is 15.6. The van der Waals surface area contributed by atoms with Crippen LogP contribution in [0.5, 0.6) is 5.75 Å². The summed E-state index contributed by atoms with van der Waals surface area (Å²) in [5.41, 5.74) is 4.51. The van der Waals surface area contributed by atoms with Crippen LogP contribution in [0.3, 0.4) is 0 Å². The lowest BCUT2D eigenvalue weighted by Crippen LogP contribution is -2.27. The highest BCUT2D eigenvalue weighted by molar-refractivity contribution is 7.91. The summed E-state index contributed by atoms with van der Waals surface area (Å²) in [4.78, 5) is 37.7. The van der Waals surface area contributed by atoms with E-state index in [1.54, 1.807) is 24.3 Å². The van der Waals surface area contributed by atoms with Gasteiger partial charge in [0.25, 0.3) is 30.4 Å². The SMILES string of the molecule is COc1ccccc1N/N=C1/C(=O)c2ccc(NC(=O)Nc3ccc4c(c3)C=C(S(=O)(=O)O)/C(=N\Nc3ccc(S(=O)(=O)O)cc3C)C4=O)cc2C=C1S(=O)(=O)O. The van der Waals surface area contributed by atoms with Crippen molar-refractivity contribution < 1.29 is 58.0 Å². The molecular weight excluding hydrogens is 809 g/mol. The zero-order valence-corrected chi connectivity index (χ0v) is 31.7. The second-order valence-electron chi connectivity index (χ2n) is 12.1. The maximum absolute atomic E-state index is 13.4. The summed E-state index contributed by atoms with van der Waals surface area (Å²) >= 11 is 0. The summed E-state index contributed by atoms with van der Waals surface area (Å²) in [5, 5.41) is 12.8. The van der Waals surface area contributed by atoms with E-state index in [0.717, 1.165) is 24.3 Å². The zero-order chi connectivity index (χ0) is 41.4. The van der Waals surface area contributed by atoms with Gasteiger partial charge >= 0.3 is 6.03 Å². The van der Waals surface area contributed by atoms with Crippen LogP contribution in [-0.2, 0) is 30.4 Å². The molecule has 0 radical (unpaired) electrons. The molecule has 0 unspecified atom stereocenters. The van der Waals surface area contributed by atoms with Crippen molar-refractivity contribution in [3.05, 3.63) is 116 Å². The number of fused-ring (bicyclic) bond motifs is 2. The quantitative estimate of drug-likeness (QED) is 0.0843. The molecule has 0 aliphatic heterocycles. The number of aryl methyl sites for hydroxylation is 1. The summed E-state index contributed by atoms with van der Waals surface area (Å²) in [6, 6.07) is 16.8. The third kappa shape index (κ3) is 8.65. The number of nitrogens with zero attached hydrogens (tertiary/aromatic N) is 2. The molecule has 0 atom stereocenters. The van der Waals surface area contributed by atoms with Gasteiger partial charge in [-0.15, -0.1) is 0 Å². The van der Waals surface area contributed by atoms with Crippen LogP contribution in [0, 0.1) is 6.92 Å². The Balaban J connectivity index is 1.22. The first-order chi connectivity index (χ1) is 26.7. The molecule has 2 amide bonds. The molecule has 0 fully saturated rings. The van der Waals surface area contributed by atoms with Crippen molar-refractivity contribution in [2.24, 2.45) is 10.2 Å². The number of ketones is 2. The van der Waals surface area contributed by atoms with Gasteiger partial charge in [0.05, 0.1) is 23.4 Å². The molecule has 294 valence electrons. The number of nitrogens with one attached hydrogen (secondary N) is 4. The van der Waals surface area contributed by atoms with E-state index in [4.69, 9.17) is 4.74 Å². The molecule has 57 heavy (non-hydrogen) atoms. The topological polar surface area (TPSA) is 296 Å². The zero-order valence-electron chi connectivity index (χ0n) is 29.2. The van der Waals surface area contributed by atoms with Gasteiger partial charge in [-0.2, -0.15) is 35.5 Å². The predicted molar refractivity (Wildman–Crippen MR) is 209 cm³/mol. The van der Waals surface area contributed by atoms with E-state index < -0.39 is 74.1 Å². The largest absolute Gasteiger partial charge is 0.495 e. The van der Waals surface area contributed by atoms with Gasteiger partial charge in [-0.1, -0.05) is 12.1 Å². The van der Waals surface area contributed by atoms with Gasteiger partial charge in [0.1, 0.15) is 15.6 Å². The minimum absolute atomic E-state index is 0.00184. The molecule has 19 nitrogen and oxygen atoms in total. The highest BCUT2D eigenvalue weighted by atomic mass is 32.2. The third-order valence-corrected chi connectivity index (χ3v) is 10.9. The average molecular weight is 837 g/mol. The number of hydrazone groups is 2. The molecular formula is C35H28N6O13S3. The fraction of sp³-hybridized carbons (Fsp3) is 0.0571. The Kier molecular flexibility index (Phi) is 10.7. The van der Waals surface area contributed by atoms with Crippen molar-refractivity contribution in [1.29, 1.82) is 0 Å². The molecule has 0 spiro atoms. The Morgan fingerprint density at radius 1 is 0.632 bits per heavy atom. The highest BCUT2D eigenvalue weighted by Gasteiger charge is 2.34. The number of rotatable bonds is 10. The lowest BCUT2D eigenvalue weighted by molar-refractivity contribution is 0.105. The monoisotopic (exact) mass is 836 g/mol. The molecule has 4 aromatic carbocycles. The van der Waals surface area contributed by atoms with Crippen molar-refractivity contribution in [3.63, 3.8) is 0 Å². The number of carbonyl (C=O) groups is 3. The number of amides is 2. The van der Waals surface area contributed by atoms with Gasteiger partial charge in [-0.3, -0.25) is 34.1 Å². The first-order valence-corrected chi connectivity index (χ1v) is 20.3. The summed E-state index contributed by atoms with van der Waals surface area (Å²) in [5.74, 6) is -1.44. The number of hydrogen-bond donors (Lipinski definition) is 7. The van der Waals surface area contributed by atoms with E-state index in [1.165, 1.54) is 56.5 Å². The third-order valence-electron chi connectivity index (χ3n) is 8.31. The minimum atomic E-state index is -5.06. The van der Waals surface area contributed by atoms with Gasteiger partial charge in [0.2, 0.25) is 11.6 Å². The number of benzene rings is 4. The van der Waals surface area contributed by atoms with Crippen molar-refractivity contribution in [3.8, 4) is 5.75 Å². The van der Waals surface area contributed by atoms with E-state index in [2.05, 4.69) is 31.7 Å². The maximum atomic E-state index is 13.4. The van der Waals surface area contributed by atoms with Crippen LogP contribution in [-0.4, -0.2) is 75.0 Å². The number of Topliss-reactive ketones (excluding diaryl/α,β-unsaturated/α-hetero) is 2. The van der Waals surface area contributed by atoms with Gasteiger partial charge in [0, 0.05) is 22.5 Å². The molecule has 7 N–H and O–H groups in total. The van der Waals surface area contributed by atoms with Crippen LogP contribution in [0.1, 0.15) is 37.4 Å². The van der Waals surface area contributed by atoms with Crippen LogP contribution in [0.2, 0.25) is 0 Å². The molecule has 2 aliphatic carbocycles. The summed E-state index contributed by atoms with van der Waals surface area (Å²) in [7, 11) is -13.2. The van der Waals surface area contributed by atoms with E-state index in [-0.39, 0.29) is 44.9 Å². The predicted octanol–water partition coefficient (Wildman–Crippen LogP) is 4.68. The Hall–Kier alpha value is -6.56. The lowest BCUT2D eigenvalue weighted by Gasteiger charge is -2.18. The molecule has 0 saturated heterocycles. The van der Waals surface area contributed by atoms with Gasteiger partial charge < -0.3 is 15.4 Å². The Morgan fingerprint density at radius 3 is 1.58 bits per heavy atom. The number of urea groups is 1. The summed E-state index contributed by atoms with van der Waals surface area (Å²) in [6.45, 7) is 1.46. The minimum Gasteiger partial charge on any atom is -0.495 e.